The minimum Gasteiger partial charge on any atom is -0.492 e. The highest BCUT2D eigenvalue weighted by Gasteiger charge is 2.21. The Hall–Kier alpha value is -1.22. The number of nitrogens with one attached hydrogen (secondary N) is 1. The van der Waals surface area contributed by atoms with Crippen LogP contribution in [0.2, 0.25) is 0 Å². The van der Waals surface area contributed by atoms with Crippen LogP contribution in [0.4, 0.5) is 5.69 Å². The molecule has 3 heteroatoms. The van der Waals surface area contributed by atoms with Crippen molar-refractivity contribution in [1.29, 1.82) is 0 Å². The lowest BCUT2D eigenvalue weighted by atomic mass is 9.88. The van der Waals surface area contributed by atoms with E-state index in [1.165, 1.54) is 5.56 Å². The van der Waals surface area contributed by atoms with E-state index in [-0.39, 0.29) is 12.0 Å². The normalized spacial score (nSPS) is 14.1. The third-order valence-electron chi connectivity index (χ3n) is 3.38. The van der Waals surface area contributed by atoms with E-state index < -0.39 is 0 Å². The third kappa shape index (κ3) is 3.91. The van der Waals surface area contributed by atoms with Crippen molar-refractivity contribution >= 4 is 5.69 Å². The Bertz CT molecular complexity index is 373. The van der Waals surface area contributed by atoms with E-state index in [1.807, 2.05) is 19.1 Å². The highest BCUT2D eigenvalue weighted by atomic mass is 16.5. The zero-order chi connectivity index (χ0) is 13.6. The monoisotopic (exact) mass is 251 g/mol. The lowest BCUT2D eigenvalue weighted by Gasteiger charge is -2.27. The smallest absolute Gasteiger partial charge is 0.142 e. The van der Waals surface area contributed by atoms with Gasteiger partial charge in [-0.2, -0.15) is 0 Å². The molecule has 0 saturated carbocycles. The van der Waals surface area contributed by atoms with E-state index in [0.29, 0.717) is 6.61 Å². The molecule has 0 spiro atoms. The van der Waals surface area contributed by atoms with Gasteiger partial charge in [-0.15, -0.1) is 0 Å². The summed E-state index contributed by atoms with van der Waals surface area (Å²) in [6.07, 6.45) is 0.937. The molecule has 1 aromatic rings. The van der Waals surface area contributed by atoms with Crippen LogP contribution in [0.5, 0.6) is 5.75 Å². The Balaban J connectivity index is 2.77. The Morgan fingerprint density at radius 2 is 2.06 bits per heavy atom. The van der Waals surface area contributed by atoms with Gasteiger partial charge in [-0.25, -0.2) is 0 Å². The molecule has 0 aliphatic carbocycles. The van der Waals surface area contributed by atoms with Crippen LogP contribution in [0, 0.1) is 12.3 Å². The van der Waals surface area contributed by atoms with E-state index in [2.05, 4.69) is 32.2 Å². The van der Waals surface area contributed by atoms with Crippen molar-refractivity contribution in [3.8, 4) is 5.75 Å². The Labute approximate surface area is 110 Å². The zero-order valence-corrected chi connectivity index (χ0v) is 11.9. The molecule has 1 unspecified atom stereocenters. The van der Waals surface area contributed by atoms with Crippen LogP contribution in [0.15, 0.2) is 18.2 Å². The molecule has 2 N–H and O–H groups in total. The summed E-state index contributed by atoms with van der Waals surface area (Å²) in [5.74, 6) is 0.883. The van der Waals surface area contributed by atoms with E-state index >= 15 is 0 Å². The molecule has 0 fully saturated rings. The Morgan fingerprint density at radius 3 is 2.61 bits per heavy atom. The lowest BCUT2D eigenvalue weighted by molar-refractivity contribution is 0.149. The van der Waals surface area contributed by atoms with Gasteiger partial charge >= 0.3 is 0 Å². The Kier molecular flexibility index (Phi) is 5.48. The molecule has 0 aliphatic rings. The average Bonchev–Trinajstić information content (AvgIpc) is 2.38. The first-order valence-electron chi connectivity index (χ1n) is 6.63. The summed E-state index contributed by atoms with van der Waals surface area (Å²) in [6, 6.07) is 6.13. The fraction of sp³-hybridized carbons (Fsp3) is 0.600. The second-order valence-electron chi connectivity index (χ2n) is 5.11. The van der Waals surface area contributed by atoms with Gasteiger partial charge in [0, 0.05) is 12.0 Å². The van der Waals surface area contributed by atoms with Crippen molar-refractivity contribution in [2.75, 3.05) is 25.1 Å². The molecule has 18 heavy (non-hydrogen) atoms. The second kappa shape index (κ2) is 6.64. The lowest BCUT2D eigenvalue weighted by Crippen LogP contribution is -2.29. The minimum absolute atomic E-state index is 0.0889. The molecule has 1 aromatic carbocycles. The first kappa shape index (κ1) is 14.8. The molecule has 1 atom stereocenters. The van der Waals surface area contributed by atoms with Crippen molar-refractivity contribution in [1.82, 2.24) is 0 Å². The molecule has 0 saturated heterocycles. The topological polar surface area (TPSA) is 41.5 Å². The molecular formula is C15H25NO2. The first-order valence-corrected chi connectivity index (χ1v) is 6.63. The molecule has 0 bridgehead atoms. The second-order valence-corrected chi connectivity index (χ2v) is 5.11. The third-order valence-corrected chi connectivity index (χ3v) is 3.38. The maximum absolute atomic E-state index is 9.41. The summed E-state index contributed by atoms with van der Waals surface area (Å²) in [4.78, 5) is 0. The average molecular weight is 251 g/mol. The Morgan fingerprint density at radius 1 is 1.33 bits per heavy atom. The molecule has 0 aromatic heterocycles. The van der Waals surface area contributed by atoms with Crippen LogP contribution in [0.3, 0.4) is 0 Å². The molecule has 0 aliphatic heterocycles. The molecule has 0 radical (unpaired) electrons. The predicted octanol–water partition coefficient (Wildman–Crippen LogP) is 3.21. The van der Waals surface area contributed by atoms with Gasteiger partial charge in [0.15, 0.2) is 0 Å². The number of aryl methyl sites for hydroxylation is 1. The van der Waals surface area contributed by atoms with Crippen LogP contribution in [-0.4, -0.2) is 24.9 Å². The number of benzene rings is 1. The van der Waals surface area contributed by atoms with Crippen LogP contribution >= 0.6 is 0 Å². The largest absolute Gasteiger partial charge is 0.492 e. The van der Waals surface area contributed by atoms with Gasteiger partial charge in [-0.3, -0.25) is 0 Å². The van der Waals surface area contributed by atoms with Crippen molar-refractivity contribution in [2.24, 2.45) is 5.41 Å². The van der Waals surface area contributed by atoms with E-state index in [4.69, 9.17) is 4.74 Å². The van der Waals surface area contributed by atoms with Gasteiger partial charge in [-0.05, 0) is 38.0 Å². The number of hydrogen-bond donors (Lipinski definition) is 2. The molecule has 0 amide bonds. The molecule has 1 rings (SSSR count). The van der Waals surface area contributed by atoms with Gasteiger partial charge in [0.2, 0.25) is 0 Å². The van der Waals surface area contributed by atoms with Gasteiger partial charge in [0.05, 0.1) is 18.9 Å². The van der Waals surface area contributed by atoms with Crippen molar-refractivity contribution in [3.63, 3.8) is 0 Å². The summed E-state index contributed by atoms with van der Waals surface area (Å²) in [5, 5.41) is 12.8. The van der Waals surface area contributed by atoms with Crippen molar-refractivity contribution < 1.29 is 9.84 Å². The number of rotatable bonds is 7. The SMILES string of the molecule is CCOc1cc(C)ccc1NCC(C)(CC)CO. The zero-order valence-electron chi connectivity index (χ0n) is 11.9. The molecule has 3 nitrogen and oxygen atoms in total. The highest BCUT2D eigenvalue weighted by Crippen LogP contribution is 2.28. The number of anilines is 1. The summed E-state index contributed by atoms with van der Waals surface area (Å²) in [7, 11) is 0. The van der Waals surface area contributed by atoms with Crippen LogP contribution < -0.4 is 10.1 Å². The van der Waals surface area contributed by atoms with Crippen molar-refractivity contribution in [3.05, 3.63) is 23.8 Å². The van der Waals surface area contributed by atoms with E-state index in [9.17, 15) is 5.11 Å². The molecule has 102 valence electrons. The molecule has 0 heterocycles. The first-order chi connectivity index (χ1) is 8.54. The summed E-state index contributed by atoms with van der Waals surface area (Å²) in [5.41, 5.74) is 2.09. The van der Waals surface area contributed by atoms with Gasteiger partial charge in [0.1, 0.15) is 5.75 Å². The number of aliphatic hydroxyl groups excluding tert-OH is 1. The fourth-order valence-electron chi connectivity index (χ4n) is 1.65. The van der Waals surface area contributed by atoms with E-state index in [1.54, 1.807) is 0 Å². The van der Waals surface area contributed by atoms with Crippen LogP contribution in [-0.2, 0) is 0 Å². The summed E-state index contributed by atoms with van der Waals surface area (Å²) >= 11 is 0. The van der Waals surface area contributed by atoms with Gasteiger partial charge < -0.3 is 15.2 Å². The molecular weight excluding hydrogens is 226 g/mol. The number of aliphatic hydroxyl groups is 1. The maximum Gasteiger partial charge on any atom is 0.142 e. The summed E-state index contributed by atoms with van der Waals surface area (Å²) in [6.45, 7) is 9.79. The van der Waals surface area contributed by atoms with Crippen molar-refractivity contribution in [2.45, 2.75) is 34.1 Å². The minimum atomic E-state index is -0.0889. The standard InChI is InChI=1S/C15H25NO2/c1-5-15(4,11-17)10-16-13-8-7-12(3)9-14(13)18-6-2/h7-9,16-17H,5-6,10-11H2,1-4H3. The predicted molar refractivity (Wildman–Crippen MR) is 76.3 cm³/mol. The highest BCUT2D eigenvalue weighted by molar-refractivity contribution is 5.57. The fourth-order valence-corrected chi connectivity index (χ4v) is 1.65. The number of hydrogen-bond acceptors (Lipinski definition) is 3. The van der Waals surface area contributed by atoms with Crippen LogP contribution in [0.25, 0.3) is 0 Å². The maximum atomic E-state index is 9.41. The van der Waals surface area contributed by atoms with E-state index in [0.717, 1.165) is 24.4 Å². The quantitative estimate of drug-likeness (QED) is 0.782. The van der Waals surface area contributed by atoms with Gasteiger partial charge in [-0.1, -0.05) is 19.9 Å². The summed E-state index contributed by atoms with van der Waals surface area (Å²) < 4.78 is 5.63. The number of ether oxygens (including phenoxy) is 1. The van der Waals surface area contributed by atoms with Gasteiger partial charge in [0.25, 0.3) is 0 Å². The van der Waals surface area contributed by atoms with Crippen LogP contribution in [0.1, 0.15) is 32.8 Å².